The van der Waals surface area contributed by atoms with Crippen LogP contribution in [0.2, 0.25) is 0 Å². The molecule has 0 amide bonds. The Balaban J connectivity index is 0.00000169. The van der Waals surface area contributed by atoms with Gasteiger partial charge in [0.05, 0.1) is 5.56 Å². The third-order valence-electron chi connectivity index (χ3n) is 1.76. The smallest absolute Gasteiger partial charge is 0.859 e. The molecule has 0 aliphatic heterocycles. The van der Waals surface area contributed by atoms with Crippen LogP contribution in [0.1, 0.15) is 10.4 Å². The zero-order chi connectivity index (χ0) is 10.2. The molecule has 1 aromatic rings. The number of rotatable bonds is 1. The van der Waals surface area contributed by atoms with E-state index >= 15 is 0 Å². The van der Waals surface area contributed by atoms with E-state index in [9.17, 15) is 19.5 Å². The van der Waals surface area contributed by atoms with Crippen LogP contribution in [0.4, 0.5) is 0 Å². The molecule has 0 unspecified atom stereocenters. The van der Waals surface area contributed by atoms with Gasteiger partial charge in [-0.1, -0.05) is 0 Å². The summed E-state index contributed by atoms with van der Waals surface area (Å²) in [7, 11) is 2.41. The normalized spacial score (nSPS) is 9.29. The van der Waals surface area contributed by atoms with Crippen molar-refractivity contribution < 1.29 is 39.5 Å². The van der Waals surface area contributed by atoms with Crippen LogP contribution in [-0.4, -0.2) is 15.4 Å². The fourth-order valence-corrected chi connectivity index (χ4v) is 0.952. The Bertz CT molecular complexity index is 474. The van der Waals surface area contributed by atoms with Crippen molar-refractivity contribution in [3.05, 3.63) is 26.4 Å². The van der Waals surface area contributed by atoms with Crippen LogP contribution in [0.15, 0.2) is 9.59 Å². The molecule has 0 bridgehead atoms. The topological polar surface area (TPSA) is 84.1 Å². The minimum Gasteiger partial charge on any atom is -0.859 e. The van der Waals surface area contributed by atoms with Crippen molar-refractivity contribution in [3.8, 4) is 5.88 Å². The summed E-state index contributed by atoms with van der Waals surface area (Å²) >= 11 is 0. The molecule has 0 saturated heterocycles. The van der Waals surface area contributed by atoms with Crippen molar-refractivity contribution in [2.24, 2.45) is 14.1 Å². The van der Waals surface area contributed by atoms with Crippen molar-refractivity contribution in [1.29, 1.82) is 0 Å². The first-order valence-electron chi connectivity index (χ1n) is 3.43. The van der Waals surface area contributed by atoms with Crippen LogP contribution in [0.3, 0.4) is 0 Å². The van der Waals surface area contributed by atoms with Gasteiger partial charge in [0.2, 0.25) is 0 Å². The third kappa shape index (κ3) is 1.82. The summed E-state index contributed by atoms with van der Waals surface area (Å²) in [6.07, 6.45) is 0.157. The Morgan fingerprint density at radius 3 is 2.14 bits per heavy atom. The third-order valence-corrected chi connectivity index (χ3v) is 1.76. The Hall–Kier alpha value is -0.850. The van der Waals surface area contributed by atoms with Crippen LogP contribution in [-0.2, 0) is 14.1 Å². The maximum absolute atomic E-state index is 11.1. The van der Waals surface area contributed by atoms with Gasteiger partial charge >= 0.3 is 35.2 Å². The second-order valence-corrected chi connectivity index (χ2v) is 2.54. The van der Waals surface area contributed by atoms with Crippen molar-refractivity contribution >= 4 is 6.29 Å². The maximum Gasteiger partial charge on any atom is 1.00 e. The molecule has 0 atom stereocenters. The van der Waals surface area contributed by atoms with Gasteiger partial charge in [-0.15, -0.1) is 0 Å². The average Bonchev–Trinajstić information content (AvgIpc) is 2.13. The average molecular weight is 206 g/mol. The fraction of sp³-hybridized carbons (Fsp3) is 0.286. The Morgan fingerprint density at radius 1 is 1.21 bits per heavy atom. The first kappa shape index (κ1) is 13.2. The summed E-state index contributed by atoms with van der Waals surface area (Å²) in [6, 6.07) is 0. The predicted molar refractivity (Wildman–Crippen MR) is 41.8 cm³/mol. The maximum atomic E-state index is 11.1. The van der Waals surface area contributed by atoms with E-state index in [1.54, 1.807) is 0 Å². The van der Waals surface area contributed by atoms with E-state index in [0.717, 1.165) is 0 Å². The first-order valence-corrected chi connectivity index (χ1v) is 3.43. The minimum atomic E-state index is -0.858. The molecule has 70 valence electrons. The van der Waals surface area contributed by atoms with E-state index in [4.69, 9.17) is 0 Å². The van der Waals surface area contributed by atoms with Crippen molar-refractivity contribution in [2.45, 2.75) is 0 Å². The Labute approximate surface area is 101 Å². The summed E-state index contributed by atoms with van der Waals surface area (Å²) < 4.78 is 1.43. The van der Waals surface area contributed by atoms with E-state index in [1.807, 2.05) is 0 Å². The second-order valence-electron chi connectivity index (χ2n) is 2.54. The van der Waals surface area contributed by atoms with Crippen LogP contribution < -0.4 is 45.9 Å². The zero-order valence-corrected chi connectivity index (χ0v) is 10.1. The molecule has 0 aliphatic rings. The zero-order valence-electron chi connectivity index (χ0n) is 8.10. The number of aldehydes is 1. The van der Waals surface area contributed by atoms with Gasteiger partial charge in [0.1, 0.15) is 0 Å². The number of carbonyl (C=O) groups is 1. The SMILES string of the molecule is Cn1c([O-])c(C=O)c(=O)n(C)c1=O.[Na+]. The summed E-state index contributed by atoms with van der Waals surface area (Å²) in [6.45, 7) is 0. The van der Waals surface area contributed by atoms with Crippen LogP contribution in [0, 0.1) is 0 Å². The van der Waals surface area contributed by atoms with Gasteiger partial charge in [-0.05, 0) is 5.88 Å². The van der Waals surface area contributed by atoms with Gasteiger partial charge in [0.15, 0.2) is 6.29 Å². The molecule has 0 fully saturated rings. The van der Waals surface area contributed by atoms with Crippen molar-refractivity contribution in [3.63, 3.8) is 0 Å². The van der Waals surface area contributed by atoms with Crippen LogP contribution in [0.25, 0.3) is 0 Å². The number of carbonyl (C=O) groups excluding carboxylic acids is 1. The molecule has 0 radical (unpaired) electrons. The van der Waals surface area contributed by atoms with Gasteiger partial charge in [-0.3, -0.25) is 14.2 Å². The molecule has 0 N–H and O–H groups in total. The quantitative estimate of drug-likeness (QED) is 0.340. The van der Waals surface area contributed by atoms with E-state index in [0.29, 0.717) is 9.13 Å². The summed E-state index contributed by atoms with van der Waals surface area (Å²) in [4.78, 5) is 32.5. The monoisotopic (exact) mass is 206 g/mol. The van der Waals surface area contributed by atoms with Gasteiger partial charge in [-0.25, -0.2) is 4.79 Å². The molecule has 14 heavy (non-hydrogen) atoms. The van der Waals surface area contributed by atoms with Gasteiger partial charge in [0, 0.05) is 14.1 Å². The van der Waals surface area contributed by atoms with Crippen LogP contribution in [0.5, 0.6) is 5.88 Å². The molecule has 0 saturated carbocycles. The van der Waals surface area contributed by atoms with Gasteiger partial charge < -0.3 is 9.67 Å². The standard InChI is InChI=1S/C7H8N2O4.Na/c1-8-5(11)4(3-10)6(12)9(2)7(8)13;/h3,11H,1-2H3;/q;+1/p-1. The summed E-state index contributed by atoms with van der Waals surface area (Å²) in [5, 5.41) is 11.1. The molecule has 0 aliphatic carbocycles. The predicted octanol–water partition coefficient (Wildman–Crippen LogP) is -5.03. The molecule has 1 aromatic heterocycles. The molecule has 7 heteroatoms. The molecule has 0 aromatic carbocycles. The van der Waals surface area contributed by atoms with E-state index in [1.165, 1.54) is 14.1 Å². The largest absolute Gasteiger partial charge is 1.00 e. The minimum absolute atomic E-state index is 0. The number of nitrogens with zero attached hydrogens (tertiary/aromatic N) is 2. The molecule has 1 rings (SSSR count). The Morgan fingerprint density at radius 2 is 1.71 bits per heavy atom. The second kappa shape index (κ2) is 4.59. The number of aromatic nitrogens is 2. The molecular weight excluding hydrogens is 199 g/mol. The molecule has 0 spiro atoms. The molecule has 1 heterocycles. The molecule has 6 nitrogen and oxygen atoms in total. The number of hydrogen-bond acceptors (Lipinski definition) is 4. The number of hydrogen-bond donors (Lipinski definition) is 0. The van der Waals surface area contributed by atoms with E-state index < -0.39 is 22.7 Å². The summed E-state index contributed by atoms with van der Waals surface area (Å²) in [5.41, 5.74) is -2.12. The summed E-state index contributed by atoms with van der Waals surface area (Å²) in [5.74, 6) is -0.858. The van der Waals surface area contributed by atoms with Crippen LogP contribution >= 0.6 is 0 Å². The fourth-order valence-electron chi connectivity index (χ4n) is 0.952. The van der Waals surface area contributed by atoms with Crippen molar-refractivity contribution in [1.82, 2.24) is 9.13 Å². The first-order chi connectivity index (χ1) is 6.00. The van der Waals surface area contributed by atoms with E-state index in [2.05, 4.69) is 0 Å². The van der Waals surface area contributed by atoms with Gasteiger partial charge in [0.25, 0.3) is 5.56 Å². The van der Waals surface area contributed by atoms with Gasteiger partial charge in [-0.2, -0.15) is 0 Å². The molecular formula is C7H7N2NaO4. The van der Waals surface area contributed by atoms with E-state index in [-0.39, 0.29) is 35.8 Å². The Kier molecular flexibility index (Phi) is 4.31. The van der Waals surface area contributed by atoms with Crippen molar-refractivity contribution in [2.75, 3.05) is 0 Å².